The van der Waals surface area contributed by atoms with Gasteiger partial charge in [0, 0.05) is 0 Å². The number of aromatic nitrogens is 2. The Hall–Kier alpha value is -2.33. The summed E-state index contributed by atoms with van der Waals surface area (Å²) < 4.78 is 0. The highest BCUT2D eigenvalue weighted by Gasteiger charge is 2.12. The van der Waals surface area contributed by atoms with Crippen molar-refractivity contribution in [3.05, 3.63) is 59.9 Å². The summed E-state index contributed by atoms with van der Waals surface area (Å²) in [5, 5.41) is 0. The van der Waals surface area contributed by atoms with Crippen molar-refractivity contribution < 1.29 is 0 Å². The molecule has 0 saturated carbocycles. The van der Waals surface area contributed by atoms with E-state index < -0.39 is 0 Å². The van der Waals surface area contributed by atoms with E-state index >= 15 is 0 Å². The fourth-order valence-electron chi connectivity index (χ4n) is 2.21. The Balaban J connectivity index is 1.89. The highest BCUT2D eigenvalue weighted by atomic mass is 15.0. The maximum absolute atomic E-state index is 6.21. The van der Waals surface area contributed by atoms with Crippen molar-refractivity contribution in [2.75, 3.05) is 5.73 Å². The van der Waals surface area contributed by atoms with Gasteiger partial charge in [-0.05, 0) is 24.1 Å². The zero-order valence-corrected chi connectivity index (χ0v) is 10.5. The first kappa shape index (κ1) is 11.7. The van der Waals surface area contributed by atoms with Gasteiger partial charge in [0.2, 0.25) is 0 Å². The lowest BCUT2D eigenvalue weighted by Gasteiger charge is -2.08. The molecule has 0 aliphatic heterocycles. The first-order chi connectivity index (χ1) is 9.24. The molecule has 0 saturated heterocycles. The molecule has 0 amide bonds. The second-order valence-corrected chi connectivity index (χ2v) is 4.66. The summed E-state index contributed by atoms with van der Waals surface area (Å²) in [5.74, 6) is 0.775. The first-order valence-corrected chi connectivity index (χ1v) is 6.27. The van der Waals surface area contributed by atoms with Gasteiger partial charge in [-0.3, -0.25) is 0 Å². The number of para-hydroxylation sites is 1. The molecule has 5 N–H and O–H groups in total. The maximum atomic E-state index is 6.21. The summed E-state index contributed by atoms with van der Waals surface area (Å²) in [7, 11) is 0. The third-order valence-corrected chi connectivity index (χ3v) is 3.21. The fraction of sp³-hybridized carbons (Fsp3) is 0.133. The molecule has 0 radical (unpaired) electrons. The first-order valence-electron chi connectivity index (χ1n) is 6.27. The minimum absolute atomic E-state index is 0.158. The van der Waals surface area contributed by atoms with Gasteiger partial charge in [0.05, 0.1) is 17.2 Å². The van der Waals surface area contributed by atoms with Gasteiger partial charge in [0.15, 0.2) is 0 Å². The molecule has 4 nitrogen and oxygen atoms in total. The SMILES string of the molecule is Nc1cccc2[nH]c(C(N)Cc3ccccc3)nc12. The number of nitrogens with zero attached hydrogens (tertiary/aromatic N) is 1. The maximum Gasteiger partial charge on any atom is 0.124 e. The van der Waals surface area contributed by atoms with Crippen molar-refractivity contribution in [2.45, 2.75) is 12.5 Å². The predicted octanol–water partition coefficient (Wildman–Crippen LogP) is 2.39. The predicted molar refractivity (Wildman–Crippen MR) is 77.6 cm³/mol. The Bertz CT molecular complexity index is 688. The number of H-pyrrole nitrogens is 1. The Labute approximate surface area is 111 Å². The summed E-state index contributed by atoms with van der Waals surface area (Å²) >= 11 is 0. The van der Waals surface area contributed by atoms with Crippen molar-refractivity contribution >= 4 is 16.7 Å². The summed E-state index contributed by atoms with van der Waals surface area (Å²) in [4.78, 5) is 7.74. The monoisotopic (exact) mass is 252 g/mol. The summed E-state index contributed by atoms with van der Waals surface area (Å²) in [6.45, 7) is 0. The minimum atomic E-state index is -0.158. The number of hydrogen-bond donors (Lipinski definition) is 3. The van der Waals surface area contributed by atoms with Crippen LogP contribution >= 0.6 is 0 Å². The Kier molecular flexibility index (Phi) is 2.93. The Morgan fingerprint density at radius 2 is 1.84 bits per heavy atom. The smallest absolute Gasteiger partial charge is 0.124 e. The van der Waals surface area contributed by atoms with E-state index in [9.17, 15) is 0 Å². The molecule has 3 rings (SSSR count). The van der Waals surface area contributed by atoms with Gasteiger partial charge in [0.25, 0.3) is 0 Å². The molecule has 0 aliphatic carbocycles. The standard InChI is InChI=1S/C15H16N4/c16-11-7-4-8-13-14(11)19-15(18-13)12(17)9-10-5-2-1-3-6-10/h1-8,12H,9,16-17H2,(H,18,19). The number of imidazole rings is 1. The van der Waals surface area contributed by atoms with Crippen LogP contribution in [0.15, 0.2) is 48.5 Å². The van der Waals surface area contributed by atoms with Crippen molar-refractivity contribution in [3.63, 3.8) is 0 Å². The number of aromatic amines is 1. The summed E-state index contributed by atoms with van der Waals surface area (Å²) in [6.07, 6.45) is 0.751. The average Bonchev–Trinajstić information content (AvgIpc) is 2.85. The van der Waals surface area contributed by atoms with E-state index in [2.05, 4.69) is 22.1 Å². The van der Waals surface area contributed by atoms with Crippen molar-refractivity contribution in [1.29, 1.82) is 0 Å². The van der Waals surface area contributed by atoms with Crippen LogP contribution in [0.25, 0.3) is 11.0 Å². The van der Waals surface area contributed by atoms with Crippen LogP contribution in [-0.4, -0.2) is 9.97 Å². The van der Waals surface area contributed by atoms with E-state index in [0.717, 1.165) is 23.3 Å². The molecule has 4 heteroatoms. The number of nitrogen functional groups attached to an aromatic ring is 1. The van der Waals surface area contributed by atoms with E-state index in [0.29, 0.717) is 5.69 Å². The van der Waals surface area contributed by atoms with Crippen LogP contribution in [0.3, 0.4) is 0 Å². The van der Waals surface area contributed by atoms with Crippen LogP contribution in [0.4, 0.5) is 5.69 Å². The number of nitrogens with two attached hydrogens (primary N) is 2. The van der Waals surface area contributed by atoms with E-state index in [1.54, 1.807) is 0 Å². The number of hydrogen-bond acceptors (Lipinski definition) is 3. The molecular formula is C15H16N4. The van der Waals surface area contributed by atoms with E-state index in [1.165, 1.54) is 5.56 Å². The molecule has 3 aromatic rings. The zero-order valence-electron chi connectivity index (χ0n) is 10.5. The molecular weight excluding hydrogens is 236 g/mol. The number of nitrogens with one attached hydrogen (secondary N) is 1. The van der Waals surface area contributed by atoms with Crippen LogP contribution in [0.5, 0.6) is 0 Å². The van der Waals surface area contributed by atoms with Gasteiger partial charge in [-0.2, -0.15) is 0 Å². The molecule has 1 unspecified atom stereocenters. The normalized spacial score (nSPS) is 12.7. The highest BCUT2D eigenvalue weighted by molar-refractivity contribution is 5.86. The van der Waals surface area contributed by atoms with Crippen molar-refractivity contribution in [3.8, 4) is 0 Å². The molecule has 1 heterocycles. The van der Waals surface area contributed by atoms with Crippen LogP contribution in [-0.2, 0) is 6.42 Å². The molecule has 96 valence electrons. The molecule has 1 atom stereocenters. The van der Waals surface area contributed by atoms with Gasteiger partial charge in [0.1, 0.15) is 11.3 Å². The lowest BCUT2D eigenvalue weighted by molar-refractivity contribution is 0.680. The number of fused-ring (bicyclic) bond motifs is 1. The molecule has 1 aromatic heterocycles. The number of rotatable bonds is 3. The number of anilines is 1. The fourth-order valence-corrected chi connectivity index (χ4v) is 2.21. The molecule has 0 bridgehead atoms. The van der Waals surface area contributed by atoms with Crippen LogP contribution in [0, 0.1) is 0 Å². The molecule has 0 fully saturated rings. The Morgan fingerprint density at radius 1 is 1.05 bits per heavy atom. The molecule has 19 heavy (non-hydrogen) atoms. The highest BCUT2D eigenvalue weighted by Crippen LogP contribution is 2.21. The second kappa shape index (κ2) is 4.74. The summed E-state index contributed by atoms with van der Waals surface area (Å²) in [5.41, 5.74) is 15.7. The molecule has 0 aliphatic rings. The average molecular weight is 252 g/mol. The minimum Gasteiger partial charge on any atom is -0.397 e. The van der Waals surface area contributed by atoms with Crippen LogP contribution in [0.1, 0.15) is 17.4 Å². The third kappa shape index (κ3) is 2.30. The number of benzene rings is 2. The van der Waals surface area contributed by atoms with Crippen LogP contribution in [0.2, 0.25) is 0 Å². The quantitative estimate of drug-likeness (QED) is 0.626. The Morgan fingerprint density at radius 3 is 2.58 bits per heavy atom. The van der Waals surface area contributed by atoms with Gasteiger partial charge in [-0.15, -0.1) is 0 Å². The van der Waals surface area contributed by atoms with Gasteiger partial charge in [-0.25, -0.2) is 4.98 Å². The van der Waals surface area contributed by atoms with Crippen molar-refractivity contribution in [2.24, 2.45) is 5.73 Å². The second-order valence-electron chi connectivity index (χ2n) is 4.66. The van der Waals surface area contributed by atoms with Gasteiger partial charge >= 0.3 is 0 Å². The zero-order chi connectivity index (χ0) is 13.2. The lowest BCUT2D eigenvalue weighted by atomic mass is 10.1. The molecule has 0 spiro atoms. The van der Waals surface area contributed by atoms with E-state index in [1.807, 2.05) is 36.4 Å². The van der Waals surface area contributed by atoms with Gasteiger partial charge < -0.3 is 16.5 Å². The van der Waals surface area contributed by atoms with E-state index in [4.69, 9.17) is 11.5 Å². The third-order valence-electron chi connectivity index (χ3n) is 3.21. The van der Waals surface area contributed by atoms with Crippen LogP contribution < -0.4 is 11.5 Å². The topological polar surface area (TPSA) is 80.7 Å². The van der Waals surface area contributed by atoms with E-state index in [-0.39, 0.29) is 6.04 Å². The largest absolute Gasteiger partial charge is 0.397 e. The lowest BCUT2D eigenvalue weighted by Crippen LogP contribution is -2.14. The van der Waals surface area contributed by atoms with Crippen molar-refractivity contribution in [1.82, 2.24) is 9.97 Å². The molecule has 2 aromatic carbocycles. The summed E-state index contributed by atoms with van der Waals surface area (Å²) in [6, 6.07) is 15.7. The van der Waals surface area contributed by atoms with Gasteiger partial charge in [-0.1, -0.05) is 36.4 Å².